The number of nitro groups is 1. The first-order chi connectivity index (χ1) is 13.5. The molecule has 0 amide bonds. The third-order valence-electron chi connectivity index (χ3n) is 5.04. The van der Waals surface area contributed by atoms with Crippen molar-refractivity contribution in [3.63, 3.8) is 0 Å². The highest BCUT2D eigenvalue weighted by molar-refractivity contribution is 5.95. The lowest BCUT2D eigenvalue weighted by molar-refractivity contribution is -0.483. The Kier molecular flexibility index (Phi) is 5.92. The Morgan fingerprint density at radius 1 is 1.00 bits per heavy atom. The van der Waals surface area contributed by atoms with Crippen molar-refractivity contribution in [1.29, 1.82) is 0 Å². The molecular weight excluding hydrogens is 358 g/mol. The second kappa shape index (κ2) is 8.37. The molecule has 0 aromatic heterocycles. The quantitative estimate of drug-likeness (QED) is 0.582. The van der Waals surface area contributed by atoms with Gasteiger partial charge in [0, 0.05) is 4.92 Å². The van der Waals surface area contributed by atoms with Gasteiger partial charge in [0.2, 0.25) is 18.3 Å². The lowest BCUT2D eigenvalue weighted by atomic mass is 9.87. The van der Waals surface area contributed by atoms with Gasteiger partial charge in [0.05, 0.1) is 20.1 Å². The molecule has 0 spiro atoms. The van der Waals surface area contributed by atoms with Crippen LogP contribution in [0.2, 0.25) is 0 Å². The van der Waals surface area contributed by atoms with Crippen molar-refractivity contribution in [2.45, 2.75) is 31.8 Å². The minimum absolute atomic E-state index is 0.163. The fourth-order valence-electron chi connectivity index (χ4n) is 3.68. The number of benzene rings is 2. The number of methoxy groups -OCH3 is 2. The van der Waals surface area contributed by atoms with Crippen LogP contribution in [0, 0.1) is 16.0 Å². The largest absolute Gasteiger partial charge is 0.483 e. The van der Waals surface area contributed by atoms with Crippen molar-refractivity contribution in [2.75, 3.05) is 20.8 Å². The molecule has 148 valence electrons. The van der Waals surface area contributed by atoms with Gasteiger partial charge in [-0.25, -0.2) is 9.98 Å². The third-order valence-corrected chi connectivity index (χ3v) is 5.04. The molecule has 0 saturated heterocycles. The molecule has 0 unspecified atom stereocenters. The Hall–Kier alpha value is -2.96. The molecule has 0 N–H and O–H groups in total. The summed E-state index contributed by atoms with van der Waals surface area (Å²) in [6, 6.07) is 12.8. The van der Waals surface area contributed by atoms with Crippen LogP contribution in [-0.2, 0) is 9.47 Å². The van der Waals surface area contributed by atoms with E-state index in [2.05, 4.69) is 4.99 Å². The van der Waals surface area contributed by atoms with Crippen LogP contribution in [0.15, 0.2) is 52.4 Å². The van der Waals surface area contributed by atoms with Crippen LogP contribution in [0.4, 0.5) is 0 Å². The maximum Gasteiger partial charge on any atom is 0.213 e. The number of nitrogens with zero attached hydrogens (tertiary/aromatic N) is 3. The molecule has 28 heavy (non-hydrogen) atoms. The van der Waals surface area contributed by atoms with E-state index in [0.717, 1.165) is 16.3 Å². The van der Waals surface area contributed by atoms with E-state index in [1.807, 2.05) is 56.3 Å². The molecule has 0 fully saturated rings. The van der Waals surface area contributed by atoms with E-state index >= 15 is 0 Å². The highest BCUT2D eigenvalue weighted by Crippen LogP contribution is 2.33. The average molecular weight is 383 g/mol. The molecule has 2 aromatic carbocycles. The summed E-state index contributed by atoms with van der Waals surface area (Å²) in [5, 5.41) is 13.5. The SMILES string of the molecule is COC1=N[C@H]([C@@H](C[N+](=O)[O-])c2cccc3ccccc23)C(OC)=N[C@H]1C(C)C. The standard InChI is InChI=1S/C21H25N3O4/c1-13(2)18-20(27-3)23-19(21(22-18)28-4)17(12-24(25)26)16-11-7-9-14-8-5-6-10-15(14)16/h5-11,13,17-19H,12H2,1-4H3/t17-,18-,19+/m0/s1. The number of hydrogen-bond acceptors (Lipinski definition) is 6. The van der Waals surface area contributed by atoms with Gasteiger partial charge in [-0.15, -0.1) is 0 Å². The van der Waals surface area contributed by atoms with Gasteiger partial charge in [0.25, 0.3) is 0 Å². The molecule has 0 bridgehead atoms. The summed E-state index contributed by atoms with van der Waals surface area (Å²) >= 11 is 0. The Morgan fingerprint density at radius 3 is 2.25 bits per heavy atom. The fourth-order valence-corrected chi connectivity index (χ4v) is 3.68. The van der Waals surface area contributed by atoms with Crippen molar-refractivity contribution in [1.82, 2.24) is 0 Å². The Bertz CT molecular complexity index is 918. The maximum atomic E-state index is 11.5. The Labute approximate surface area is 164 Å². The van der Waals surface area contributed by atoms with Crippen LogP contribution >= 0.6 is 0 Å². The summed E-state index contributed by atoms with van der Waals surface area (Å²) in [6.07, 6.45) is 0. The first-order valence-electron chi connectivity index (χ1n) is 9.29. The van der Waals surface area contributed by atoms with Gasteiger partial charge in [0.15, 0.2) is 0 Å². The maximum absolute atomic E-state index is 11.5. The monoisotopic (exact) mass is 383 g/mol. The van der Waals surface area contributed by atoms with Gasteiger partial charge in [-0.3, -0.25) is 10.1 Å². The predicted molar refractivity (Wildman–Crippen MR) is 110 cm³/mol. The molecule has 0 aliphatic carbocycles. The number of hydrogen-bond donors (Lipinski definition) is 0. The van der Waals surface area contributed by atoms with Gasteiger partial charge in [-0.05, 0) is 22.3 Å². The van der Waals surface area contributed by atoms with E-state index in [-0.39, 0.29) is 23.4 Å². The van der Waals surface area contributed by atoms with Crippen molar-refractivity contribution in [2.24, 2.45) is 15.9 Å². The zero-order chi connectivity index (χ0) is 20.3. The van der Waals surface area contributed by atoms with Crippen LogP contribution in [0.25, 0.3) is 10.8 Å². The number of rotatable bonds is 5. The van der Waals surface area contributed by atoms with Gasteiger partial charge < -0.3 is 9.47 Å². The minimum atomic E-state index is -0.619. The summed E-state index contributed by atoms with van der Waals surface area (Å²) in [6.45, 7) is 3.76. The van der Waals surface area contributed by atoms with Crippen LogP contribution in [0.1, 0.15) is 25.3 Å². The summed E-state index contributed by atoms with van der Waals surface area (Å²) in [4.78, 5) is 20.6. The number of fused-ring (bicyclic) bond motifs is 1. The predicted octanol–water partition coefficient (Wildman–Crippen LogP) is 3.70. The van der Waals surface area contributed by atoms with Crippen molar-refractivity contribution >= 4 is 22.6 Å². The molecule has 7 heteroatoms. The van der Waals surface area contributed by atoms with Gasteiger partial charge in [-0.1, -0.05) is 56.3 Å². The van der Waals surface area contributed by atoms with Crippen LogP contribution < -0.4 is 0 Å². The Morgan fingerprint density at radius 2 is 1.61 bits per heavy atom. The molecule has 0 saturated carbocycles. The summed E-state index contributed by atoms with van der Waals surface area (Å²) in [5.41, 5.74) is 0.853. The number of aliphatic imine (C=N–C) groups is 2. The molecule has 1 aliphatic rings. The third kappa shape index (κ3) is 3.83. The molecule has 2 aromatic rings. The second-order valence-corrected chi connectivity index (χ2v) is 7.17. The summed E-state index contributed by atoms with van der Waals surface area (Å²) in [5.74, 6) is 0.517. The topological polar surface area (TPSA) is 86.3 Å². The fraction of sp³-hybridized carbons (Fsp3) is 0.429. The van der Waals surface area contributed by atoms with Crippen LogP contribution in [0.3, 0.4) is 0 Å². The van der Waals surface area contributed by atoms with Gasteiger partial charge >= 0.3 is 0 Å². The molecule has 3 rings (SSSR count). The summed E-state index contributed by atoms with van der Waals surface area (Å²) in [7, 11) is 3.09. The van der Waals surface area contributed by atoms with Gasteiger partial charge in [-0.2, -0.15) is 0 Å². The normalized spacial score (nSPS) is 20.5. The average Bonchev–Trinajstić information content (AvgIpc) is 2.70. The highest BCUT2D eigenvalue weighted by atomic mass is 16.6. The first-order valence-corrected chi connectivity index (χ1v) is 9.29. The molecular formula is C21H25N3O4. The lowest BCUT2D eigenvalue weighted by Crippen LogP contribution is -2.41. The van der Waals surface area contributed by atoms with Crippen molar-refractivity contribution < 1.29 is 14.4 Å². The smallest absolute Gasteiger partial charge is 0.213 e. The molecule has 1 aliphatic heterocycles. The summed E-state index contributed by atoms with van der Waals surface area (Å²) < 4.78 is 11.0. The second-order valence-electron chi connectivity index (χ2n) is 7.17. The first kappa shape index (κ1) is 19.8. The molecule has 0 radical (unpaired) electrons. The number of ether oxygens (including phenoxy) is 2. The van der Waals surface area contributed by atoms with Gasteiger partial charge in [0.1, 0.15) is 12.1 Å². The lowest BCUT2D eigenvalue weighted by Gasteiger charge is -2.30. The highest BCUT2D eigenvalue weighted by Gasteiger charge is 2.39. The minimum Gasteiger partial charge on any atom is -0.483 e. The zero-order valence-corrected chi connectivity index (χ0v) is 16.5. The van der Waals surface area contributed by atoms with E-state index < -0.39 is 12.0 Å². The molecule has 1 heterocycles. The van der Waals surface area contributed by atoms with E-state index in [0.29, 0.717) is 11.8 Å². The molecule has 7 nitrogen and oxygen atoms in total. The van der Waals surface area contributed by atoms with Crippen molar-refractivity contribution in [3.8, 4) is 0 Å². The van der Waals surface area contributed by atoms with Crippen LogP contribution in [0.5, 0.6) is 0 Å². The van der Waals surface area contributed by atoms with Crippen LogP contribution in [-0.4, -0.2) is 49.6 Å². The Balaban J connectivity index is 2.14. The van der Waals surface area contributed by atoms with Crippen molar-refractivity contribution in [3.05, 3.63) is 58.1 Å². The van der Waals surface area contributed by atoms with E-state index in [1.165, 1.54) is 7.11 Å². The zero-order valence-electron chi connectivity index (χ0n) is 16.5. The van der Waals surface area contributed by atoms with E-state index in [1.54, 1.807) is 7.11 Å². The van der Waals surface area contributed by atoms with E-state index in [4.69, 9.17) is 14.5 Å². The molecule has 3 atom stereocenters. The van der Waals surface area contributed by atoms with E-state index in [9.17, 15) is 10.1 Å².